The number of nitro groups is 1. The summed E-state index contributed by atoms with van der Waals surface area (Å²) in [6.07, 6.45) is 3.53. The number of rotatable bonds is 4. The molecule has 2 rings (SSSR count). The molecule has 0 amide bonds. The van der Waals surface area contributed by atoms with Crippen LogP contribution in [0.1, 0.15) is 25.1 Å². The monoisotopic (exact) mass is 253 g/mol. The molecule has 0 aromatic carbocycles. The number of hydrogen-bond acceptors (Lipinski definition) is 5. The van der Waals surface area contributed by atoms with Gasteiger partial charge >= 0.3 is 5.82 Å². The van der Waals surface area contributed by atoms with Crippen LogP contribution < -0.4 is 10.6 Å². The maximum atomic E-state index is 10.9. The zero-order valence-electron chi connectivity index (χ0n) is 10.8. The van der Waals surface area contributed by atoms with E-state index in [-0.39, 0.29) is 5.82 Å². The third-order valence-corrected chi connectivity index (χ3v) is 3.40. The highest BCUT2D eigenvalue weighted by atomic mass is 16.6. The van der Waals surface area contributed by atoms with Crippen LogP contribution in [-0.2, 0) is 7.05 Å². The number of nitrogens with one attached hydrogen (secondary N) is 2. The number of anilines is 1. The molecule has 1 fully saturated rings. The van der Waals surface area contributed by atoms with E-state index in [1.807, 2.05) is 0 Å². The zero-order valence-corrected chi connectivity index (χ0v) is 10.8. The van der Waals surface area contributed by atoms with Gasteiger partial charge in [-0.05, 0) is 29.3 Å². The summed E-state index contributed by atoms with van der Waals surface area (Å²) in [5, 5.41) is 17.5. The molecule has 1 saturated heterocycles. The van der Waals surface area contributed by atoms with Crippen molar-refractivity contribution in [3.05, 3.63) is 15.9 Å². The van der Waals surface area contributed by atoms with Crippen molar-refractivity contribution in [3.63, 3.8) is 0 Å². The maximum Gasteiger partial charge on any atom is 0.406 e. The molecule has 2 heterocycles. The molecule has 7 nitrogen and oxygen atoms in total. The van der Waals surface area contributed by atoms with E-state index >= 15 is 0 Å². The second-order valence-corrected chi connectivity index (χ2v) is 4.68. The van der Waals surface area contributed by atoms with Crippen LogP contribution in [0.5, 0.6) is 0 Å². The van der Waals surface area contributed by atoms with Crippen LogP contribution in [0.25, 0.3) is 0 Å². The topological polar surface area (TPSA) is 85.0 Å². The van der Waals surface area contributed by atoms with Crippen LogP contribution in [0.15, 0.2) is 0 Å². The molecule has 1 aromatic heterocycles. The molecule has 18 heavy (non-hydrogen) atoms. The minimum Gasteiger partial charge on any atom is -0.363 e. The molecule has 1 aliphatic rings. The molecular formula is C11H19N5O2. The molecule has 0 bridgehead atoms. The first-order valence-electron chi connectivity index (χ1n) is 6.24. The number of imidazole rings is 1. The van der Waals surface area contributed by atoms with E-state index in [9.17, 15) is 10.1 Å². The van der Waals surface area contributed by atoms with Crippen molar-refractivity contribution in [1.29, 1.82) is 0 Å². The number of piperidine rings is 1. The summed E-state index contributed by atoms with van der Waals surface area (Å²) in [6, 6.07) is 0.383. The Hall–Kier alpha value is -1.63. The Morgan fingerprint density at radius 1 is 1.61 bits per heavy atom. The van der Waals surface area contributed by atoms with Gasteiger partial charge in [0.25, 0.3) is 0 Å². The summed E-state index contributed by atoms with van der Waals surface area (Å²) < 4.78 is 1.72. The highest BCUT2D eigenvalue weighted by molar-refractivity contribution is 5.53. The lowest BCUT2D eigenvalue weighted by Gasteiger charge is -2.23. The molecule has 0 radical (unpaired) electrons. The van der Waals surface area contributed by atoms with Crippen LogP contribution in [0.3, 0.4) is 0 Å². The van der Waals surface area contributed by atoms with E-state index < -0.39 is 4.92 Å². The summed E-state index contributed by atoms with van der Waals surface area (Å²) >= 11 is 0. The summed E-state index contributed by atoms with van der Waals surface area (Å²) in [5.74, 6) is 1.04. The fraction of sp³-hybridized carbons (Fsp3) is 0.727. The van der Waals surface area contributed by atoms with Crippen LogP contribution in [-0.4, -0.2) is 33.6 Å². The van der Waals surface area contributed by atoms with Crippen molar-refractivity contribution in [2.24, 2.45) is 7.05 Å². The summed E-state index contributed by atoms with van der Waals surface area (Å²) in [5.41, 5.74) is 0. The molecule has 100 valence electrons. The highest BCUT2D eigenvalue weighted by Crippen LogP contribution is 2.23. The van der Waals surface area contributed by atoms with Crippen molar-refractivity contribution < 1.29 is 4.92 Å². The Morgan fingerprint density at radius 2 is 2.39 bits per heavy atom. The largest absolute Gasteiger partial charge is 0.406 e. The second-order valence-electron chi connectivity index (χ2n) is 4.68. The molecule has 7 heteroatoms. The third-order valence-electron chi connectivity index (χ3n) is 3.40. The fourth-order valence-electron chi connectivity index (χ4n) is 2.24. The molecular weight excluding hydrogens is 234 g/mol. The Kier molecular flexibility index (Phi) is 3.81. The lowest BCUT2D eigenvalue weighted by Crippen LogP contribution is -2.39. The Labute approximate surface area is 106 Å². The van der Waals surface area contributed by atoms with Gasteiger partial charge in [-0.25, -0.2) is 0 Å². The third kappa shape index (κ3) is 2.61. The van der Waals surface area contributed by atoms with E-state index in [0.717, 1.165) is 13.0 Å². The standard InChI is InChI=1S/C11H19N5O2/c1-8-14-11(16(17)18)10(15(8)2)13-7-9-5-3-4-6-12-9/h9,12-13H,3-7H2,1-2H3. The average Bonchev–Trinajstić information content (AvgIpc) is 2.65. The molecule has 0 aliphatic carbocycles. The average molecular weight is 253 g/mol. The lowest BCUT2D eigenvalue weighted by atomic mass is 10.1. The number of hydrogen-bond donors (Lipinski definition) is 2. The van der Waals surface area contributed by atoms with Crippen LogP contribution >= 0.6 is 0 Å². The Morgan fingerprint density at radius 3 is 3.00 bits per heavy atom. The van der Waals surface area contributed by atoms with Gasteiger partial charge in [-0.3, -0.25) is 4.57 Å². The van der Waals surface area contributed by atoms with Crippen molar-refractivity contribution in [1.82, 2.24) is 14.9 Å². The quantitative estimate of drug-likeness (QED) is 0.622. The molecule has 1 aromatic rings. The normalized spacial score (nSPS) is 19.8. The first kappa shape index (κ1) is 12.8. The van der Waals surface area contributed by atoms with Gasteiger partial charge in [-0.15, -0.1) is 0 Å². The minimum absolute atomic E-state index is 0.0918. The van der Waals surface area contributed by atoms with Crippen molar-refractivity contribution in [2.75, 3.05) is 18.4 Å². The van der Waals surface area contributed by atoms with E-state index in [2.05, 4.69) is 15.6 Å². The van der Waals surface area contributed by atoms with Gasteiger partial charge in [0, 0.05) is 26.6 Å². The minimum atomic E-state index is -0.441. The Balaban J connectivity index is 2.05. The van der Waals surface area contributed by atoms with Crippen LogP contribution in [0, 0.1) is 17.0 Å². The fourth-order valence-corrected chi connectivity index (χ4v) is 2.24. The van der Waals surface area contributed by atoms with E-state index in [0.29, 0.717) is 24.2 Å². The van der Waals surface area contributed by atoms with E-state index in [1.54, 1.807) is 18.5 Å². The van der Waals surface area contributed by atoms with E-state index in [1.165, 1.54) is 12.8 Å². The second kappa shape index (κ2) is 5.34. The van der Waals surface area contributed by atoms with Crippen LogP contribution in [0.2, 0.25) is 0 Å². The van der Waals surface area contributed by atoms with Gasteiger partial charge in [0.05, 0.1) is 0 Å². The predicted octanol–water partition coefficient (Wildman–Crippen LogP) is 1.19. The molecule has 1 unspecified atom stereocenters. The van der Waals surface area contributed by atoms with Crippen molar-refractivity contribution in [3.8, 4) is 0 Å². The highest BCUT2D eigenvalue weighted by Gasteiger charge is 2.24. The summed E-state index contributed by atoms with van der Waals surface area (Å²) in [4.78, 5) is 14.4. The van der Waals surface area contributed by atoms with Gasteiger partial charge < -0.3 is 20.7 Å². The van der Waals surface area contributed by atoms with Gasteiger partial charge in [0.15, 0.2) is 0 Å². The van der Waals surface area contributed by atoms with E-state index in [4.69, 9.17) is 0 Å². The predicted molar refractivity (Wildman–Crippen MR) is 68.7 cm³/mol. The van der Waals surface area contributed by atoms with Gasteiger partial charge in [-0.1, -0.05) is 6.42 Å². The van der Waals surface area contributed by atoms with Crippen molar-refractivity contribution >= 4 is 11.6 Å². The first-order chi connectivity index (χ1) is 8.59. The molecule has 1 aliphatic heterocycles. The zero-order chi connectivity index (χ0) is 13.1. The molecule has 2 N–H and O–H groups in total. The first-order valence-corrected chi connectivity index (χ1v) is 6.24. The maximum absolute atomic E-state index is 10.9. The van der Waals surface area contributed by atoms with Crippen molar-refractivity contribution in [2.45, 2.75) is 32.2 Å². The van der Waals surface area contributed by atoms with Crippen LogP contribution in [0.4, 0.5) is 11.6 Å². The SMILES string of the molecule is Cc1nc([N+](=O)[O-])c(NCC2CCCCN2)n1C. The number of aromatic nitrogens is 2. The van der Waals surface area contributed by atoms with Gasteiger partial charge in [-0.2, -0.15) is 0 Å². The lowest BCUT2D eigenvalue weighted by molar-refractivity contribution is -0.388. The summed E-state index contributed by atoms with van der Waals surface area (Å²) in [6.45, 7) is 3.48. The molecule has 0 saturated carbocycles. The van der Waals surface area contributed by atoms with Gasteiger partial charge in [0.1, 0.15) is 0 Å². The number of nitrogens with zero attached hydrogens (tertiary/aromatic N) is 3. The molecule has 0 spiro atoms. The Bertz CT molecular complexity index is 437. The summed E-state index contributed by atoms with van der Waals surface area (Å²) in [7, 11) is 1.78. The number of aryl methyl sites for hydroxylation is 1. The van der Waals surface area contributed by atoms with Gasteiger partial charge in [0.2, 0.25) is 11.6 Å². The molecule has 1 atom stereocenters. The smallest absolute Gasteiger partial charge is 0.363 e.